The van der Waals surface area contributed by atoms with Crippen LogP contribution in [0.2, 0.25) is 0 Å². The Hall–Kier alpha value is -1.22. The minimum absolute atomic E-state index is 0.126. The number of rotatable bonds is 4. The smallest absolute Gasteiger partial charge is 0.162 e. The summed E-state index contributed by atoms with van der Waals surface area (Å²) < 4.78 is 6.88. The molecule has 1 saturated heterocycles. The van der Waals surface area contributed by atoms with Crippen LogP contribution in [0.3, 0.4) is 0 Å². The van der Waals surface area contributed by atoms with Gasteiger partial charge in [0.05, 0.1) is 0 Å². The molecule has 1 aliphatic heterocycles. The van der Waals surface area contributed by atoms with Crippen molar-refractivity contribution in [1.29, 1.82) is 0 Å². The van der Waals surface area contributed by atoms with Crippen LogP contribution in [0.5, 0.6) is 0 Å². The summed E-state index contributed by atoms with van der Waals surface area (Å²) in [5, 5.41) is 0. The van der Waals surface area contributed by atoms with Gasteiger partial charge in [0, 0.05) is 35.2 Å². The third kappa shape index (κ3) is 2.62. The van der Waals surface area contributed by atoms with Crippen LogP contribution >= 0.6 is 0 Å². The molecule has 2 spiro atoms. The van der Waals surface area contributed by atoms with Crippen LogP contribution in [0, 0.1) is 40.4 Å². The molecular weight excluding hydrogens is 384 g/mol. The molecule has 4 aliphatic carbocycles. The molecule has 4 fully saturated rings. The fourth-order valence-electron chi connectivity index (χ4n) is 8.52. The van der Waals surface area contributed by atoms with Crippen LogP contribution in [0.4, 0.5) is 0 Å². The molecule has 5 rings (SSSR count). The Balaban J connectivity index is 1.46. The minimum atomic E-state index is -0.285. The van der Waals surface area contributed by atoms with E-state index in [0.29, 0.717) is 42.4 Å². The van der Waals surface area contributed by atoms with Crippen LogP contribution in [-0.2, 0) is 14.3 Å². The van der Waals surface area contributed by atoms with Crippen LogP contribution < -0.4 is 0 Å². The Kier molecular flexibility index (Phi) is 4.64. The third-order valence-electron chi connectivity index (χ3n) is 10.8. The number of hydrogen-bond acceptors (Lipinski definition) is 3. The summed E-state index contributed by atoms with van der Waals surface area (Å²) in [4.78, 5) is 25.4. The van der Waals surface area contributed by atoms with Crippen molar-refractivity contribution < 1.29 is 14.3 Å². The SMILES string of the molecule is CC(C)[C@@H](C)/C=C/[C@@H](C)[C@H]1CC[C@@]23O[C@]24CC(=O)C2=CC(=O)CC[C@]2(C)[C@H]4CC[C@]13C. The summed E-state index contributed by atoms with van der Waals surface area (Å²) >= 11 is 0. The predicted molar refractivity (Wildman–Crippen MR) is 122 cm³/mol. The molecule has 0 N–H and O–H groups in total. The number of Topliss-reactive ketones (excluding diaryl/α,β-unsaturated/α-hetero) is 1. The molecule has 0 aromatic heterocycles. The highest BCUT2D eigenvalue weighted by Crippen LogP contribution is 2.80. The van der Waals surface area contributed by atoms with E-state index < -0.39 is 0 Å². The zero-order chi connectivity index (χ0) is 22.4. The van der Waals surface area contributed by atoms with E-state index in [1.54, 1.807) is 6.08 Å². The van der Waals surface area contributed by atoms with E-state index in [1.807, 2.05) is 0 Å². The second-order valence-electron chi connectivity index (χ2n) is 12.4. The molecule has 31 heavy (non-hydrogen) atoms. The van der Waals surface area contributed by atoms with Crippen molar-refractivity contribution in [3.05, 3.63) is 23.8 Å². The molecule has 3 saturated carbocycles. The minimum Gasteiger partial charge on any atom is -0.361 e. The highest BCUT2D eigenvalue weighted by atomic mass is 16.6. The number of allylic oxidation sites excluding steroid dienone is 3. The van der Waals surface area contributed by atoms with E-state index in [1.165, 1.54) is 12.8 Å². The van der Waals surface area contributed by atoms with Crippen LogP contribution in [0.25, 0.3) is 0 Å². The zero-order valence-corrected chi connectivity index (χ0v) is 20.3. The molecule has 8 atom stereocenters. The Labute approximate surface area is 188 Å². The number of ether oxygens (including phenoxy) is 1. The first-order valence-electron chi connectivity index (χ1n) is 12.7. The molecule has 0 amide bonds. The van der Waals surface area contributed by atoms with Crippen molar-refractivity contribution in [3.63, 3.8) is 0 Å². The van der Waals surface area contributed by atoms with Gasteiger partial charge < -0.3 is 4.74 Å². The molecule has 1 heterocycles. The van der Waals surface area contributed by atoms with Gasteiger partial charge in [-0.05, 0) is 61.9 Å². The Morgan fingerprint density at radius 3 is 2.48 bits per heavy atom. The fourth-order valence-corrected chi connectivity index (χ4v) is 8.52. The molecular formula is C28H40O3. The average Bonchev–Trinajstić information content (AvgIpc) is 3.26. The first-order chi connectivity index (χ1) is 14.5. The average molecular weight is 425 g/mol. The lowest BCUT2D eigenvalue weighted by atomic mass is 9.46. The van der Waals surface area contributed by atoms with E-state index in [2.05, 4.69) is 53.7 Å². The first kappa shape index (κ1) is 21.6. The van der Waals surface area contributed by atoms with Gasteiger partial charge in [-0.3, -0.25) is 9.59 Å². The van der Waals surface area contributed by atoms with Gasteiger partial charge in [-0.2, -0.15) is 0 Å². The largest absolute Gasteiger partial charge is 0.361 e. The van der Waals surface area contributed by atoms with E-state index >= 15 is 0 Å². The topological polar surface area (TPSA) is 46.7 Å². The Bertz CT molecular complexity index is 883. The lowest BCUT2D eigenvalue weighted by Gasteiger charge is -2.54. The number of fused-ring (bicyclic) bond motifs is 2. The van der Waals surface area contributed by atoms with Gasteiger partial charge >= 0.3 is 0 Å². The maximum absolute atomic E-state index is 13.3. The van der Waals surface area contributed by atoms with E-state index in [4.69, 9.17) is 4.74 Å². The van der Waals surface area contributed by atoms with E-state index in [-0.39, 0.29) is 33.6 Å². The molecule has 170 valence electrons. The molecule has 0 unspecified atom stereocenters. The Morgan fingerprint density at radius 1 is 1.03 bits per heavy atom. The van der Waals surface area contributed by atoms with Crippen molar-refractivity contribution >= 4 is 11.6 Å². The predicted octanol–water partition coefficient (Wildman–Crippen LogP) is 6.07. The zero-order valence-electron chi connectivity index (χ0n) is 20.3. The highest BCUT2D eigenvalue weighted by Gasteiger charge is 2.86. The van der Waals surface area contributed by atoms with Crippen molar-refractivity contribution in [1.82, 2.24) is 0 Å². The summed E-state index contributed by atoms with van der Waals surface area (Å²) in [7, 11) is 0. The van der Waals surface area contributed by atoms with Gasteiger partial charge in [0.2, 0.25) is 0 Å². The summed E-state index contributed by atoms with van der Waals surface area (Å²) in [6.45, 7) is 14.0. The number of epoxide rings is 1. The van der Waals surface area contributed by atoms with Gasteiger partial charge in [-0.25, -0.2) is 0 Å². The second-order valence-corrected chi connectivity index (χ2v) is 12.4. The normalized spacial score (nSPS) is 48.0. The van der Waals surface area contributed by atoms with Gasteiger partial charge in [0.25, 0.3) is 0 Å². The summed E-state index contributed by atoms with van der Waals surface area (Å²) in [5.74, 6) is 3.07. The monoisotopic (exact) mass is 424 g/mol. The Morgan fingerprint density at radius 2 is 1.77 bits per heavy atom. The van der Waals surface area contributed by atoms with E-state index in [9.17, 15) is 9.59 Å². The van der Waals surface area contributed by atoms with Gasteiger partial charge in [-0.1, -0.05) is 53.7 Å². The maximum atomic E-state index is 13.3. The second kappa shape index (κ2) is 6.65. The molecule has 5 aliphatic rings. The molecule has 0 radical (unpaired) electrons. The lowest BCUT2D eigenvalue weighted by molar-refractivity contribution is -0.127. The number of carbonyl (C=O) groups excluding carboxylic acids is 2. The van der Waals surface area contributed by atoms with Crippen LogP contribution in [0.15, 0.2) is 23.8 Å². The van der Waals surface area contributed by atoms with Gasteiger partial charge in [-0.15, -0.1) is 0 Å². The van der Waals surface area contributed by atoms with Gasteiger partial charge in [0.15, 0.2) is 11.6 Å². The summed E-state index contributed by atoms with van der Waals surface area (Å²) in [5.41, 5.74) is 0.334. The van der Waals surface area contributed by atoms with Crippen LogP contribution in [0.1, 0.15) is 86.5 Å². The molecule has 3 nitrogen and oxygen atoms in total. The van der Waals surface area contributed by atoms with Gasteiger partial charge in [0.1, 0.15) is 11.2 Å². The number of carbonyl (C=O) groups is 2. The molecule has 0 aromatic carbocycles. The number of ketones is 2. The summed E-state index contributed by atoms with van der Waals surface area (Å²) in [6.07, 6.45) is 13.0. The van der Waals surface area contributed by atoms with Crippen molar-refractivity contribution in [3.8, 4) is 0 Å². The van der Waals surface area contributed by atoms with Crippen LogP contribution in [-0.4, -0.2) is 22.8 Å². The lowest BCUT2D eigenvalue weighted by Crippen LogP contribution is -2.58. The first-order valence-corrected chi connectivity index (χ1v) is 12.7. The standard InChI is InChI=1S/C28H40O3/c1-17(2)18(3)7-8-19(4)21-10-14-28-26(21,6)13-11-24-25(5)12-9-20(29)15-22(25)23(30)16-27(24,28)31-28/h7-8,15,17-19,21,24H,9-14,16H2,1-6H3/b8-7+/t18-,19+,21+,24+,25-,26+,27-,28-/m0/s1. The van der Waals surface area contributed by atoms with E-state index in [0.717, 1.165) is 24.8 Å². The quantitative estimate of drug-likeness (QED) is 0.406. The molecule has 0 aromatic rings. The van der Waals surface area contributed by atoms with Crippen molar-refractivity contribution in [2.24, 2.45) is 40.4 Å². The third-order valence-corrected chi connectivity index (χ3v) is 10.8. The fraction of sp³-hybridized carbons (Fsp3) is 0.786. The molecule has 3 heteroatoms. The van der Waals surface area contributed by atoms with Crippen molar-refractivity contribution in [2.75, 3.05) is 0 Å². The van der Waals surface area contributed by atoms with Crippen molar-refractivity contribution in [2.45, 2.75) is 97.7 Å². The maximum Gasteiger partial charge on any atom is 0.162 e. The summed E-state index contributed by atoms with van der Waals surface area (Å²) in [6, 6.07) is 0. The molecule has 0 bridgehead atoms. The highest BCUT2D eigenvalue weighted by molar-refractivity contribution is 6.06. The number of hydrogen-bond donors (Lipinski definition) is 0.